The first-order valence-electron chi connectivity index (χ1n) is 8.96. The summed E-state index contributed by atoms with van der Waals surface area (Å²) in [6.45, 7) is 3.61. The van der Waals surface area contributed by atoms with Gasteiger partial charge < -0.3 is 15.2 Å². The molecule has 1 aliphatic rings. The molecule has 0 atom stereocenters. The molecular weight excluding hydrogens is 330 g/mol. The minimum atomic E-state index is -0.886. The third-order valence-electron chi connectivity index (χ3n) is 5.08. The van der Waals surface area contributed by atoms with Gasteiger partial charge in [-0.15, -0.1) is 5.10 Å². The summed E-state index contributed by atoms with van der Waals surface area (Å²) < 4.78 is 9.14. The highest BCUT2D eigenvalue weighted by atomic mass is 16.5. The van der Waals surface area contributed by atoms with E-state index in [0.29, 0.717) is 11.9 Å². The molecule has 0 spiro atoms. The first-order chi connectivity index (χ1) is 12.4. The van der Waals surface area contributed by atoms with Crippen LogP contribution in [0.1, 0.15) is 44.7 Å². The van der Waals surface area contributed by atoms with Crippen molar-refractivity contribution >= 4 is 22.4 Å². The molecule has 1 aliphatic carbocycles. The number of methoxy groups -OCH3 is 1. The van der Waals surface area contributed by atoms with Gasteiger partial charge in [0, 0.05) is 12.4 Å². The minimum Gasteiger partial charge on any atom is -0.478 e. The van der Waals surface area contributed by atoms with Crippen molar-refractivity contribution in [3.05, 3.63) is 30.0 Å². The largest absolute Gasteiger partial charge is 0.478 e. The van der Waals surface area contributed by atoms with Crippen molar-refractivity contribution in [1.29, 1.82) is 0 Å². The van der Waals surface area contributed by atoms with E-state index in [-0.39, 0.29) is 0 Å². The summed E-state index contributed by atoms with van der Waals surface area (Å²) in [4.78, 5) is 0. The van der Waals surface area contributed by atoms with Crippen molar-refractivity contribution in [2.45, 2.75) is 44.8 Å². The summed E-state index contributed by atoms with van der Waals surface area (Å²) in [7, 11) is 3.46. The van der Waals surface area contributed by atoms with Crippen LogP contribution in [0.4, 0.5) is 11.5 Å². The number of benzene rings is 1. The molecule has 7 nitrogen and oxygen atoms in total. The van der Waals surface area contributed by atoms with Crippen LogP contribution in [0, 0.1) is 0 Å². The number of hydrogen-bond donors (Lipinski definition) is 2. The highest BCUT2D eigenvalue weighted by molar-refractivity contribution is 5.93. The maximum atomic E-state index is 10.4. The fourth-order valence-corrected chi connectivity index (χ4v) is 3.35. The highest BCUT2D eigenvalue weighted by Gasteiger charge is 2.26. The summed E-state index contributed by atoms with van der Waals surface area (Å²) >= 11 is 0. The fourth-order valence-electron chi connectivity index (χ4n) is 3.35. The number of fused-ring (bicyclic) bond motifs is 1. The van der Waals surface area contributed by atoms with Gasteiger partial charge in [0.2, 0.25) is 0 Å². The molecule has 0 bridgehead atoms. The topological polar surface area (TPSA) is 77.1 Å². The van der Waals surface area contributed by atoms with Crippen molar-refractivity contribution in [2.75, 3.05) is 12.4 Å². The van der Waals surface area contributed by atoms with Gasteiger partial charge >= 0.3 is 0 Å². The molecular formula is C19H25N5O2. The number of anilines is 2. The van der Waals surface area contributed by atoms with Gasteiger partial charge in [0.05, 0.1) is 30.5 Å². The van der Waals surface area contributed by atoms with Crippen LogP contribution in [0.15, 0.2) is 24.4 Å². The van der Waals surface area contributed by atoms with Crippen molar-refractivity contribution in [1.82, 2.24) is 19.6 Å². The van der Waals surface area contributed by atoms with E-state index in [4.69, 9.17) is 9.84 Å². The van der Waals surface area contributed by atoms with Crippen molar-refractivity contribution < 1.29 is 9.84 Å². The van der Waals surface area contributed by atoms with Crippen molar-refractivity contribution in [3.63, 3.8) is 0 Å². The third-order valence-corrected chi connectivity index (χ3v) is 5.08. The maximum absolute atomic E-state index is 10.4. The standard InChI is InChI=1S/C19H25N5O2/c1-19(2,25)12-8-9-14-16(10-12)24(13-6-5-7-13)21-17(14)20-15-11-23(3)22-18(15)26-4/h8-11,13,25H,5-7H2,1-4H3,(H,20,21). The van der Waals surface area contributed by atoms with E-state index in [1.165, 1.54) is 6.42 Å². The molecule has 0 saturated heterocycles. The van der Waals surface area contributed by atoms with Crippen LogP contribution >= 0.6 is 0 Å². The molecule has 0 amide bonds. The lowest BCUT2D eigenvalue weighted by molar-refractivity contribution is 0.0787. The zero-order valence-corrected chi connectivity index (χ0v) is 15.7. The molecule has 1 saturated carbocycles. The summed E-state index contributed by atoms with van der Waals surface area (Å²) in [5.41, 5.74) is 1.82. The average molecular weight is 355 g/mol. The Bertz CT molecular complexity index is 947. The predicted octanol–water partition coefficient (Wildman–Crippen LogP) is 3.47. The molecule has 4 rings (SSSR count). The molecule has 2 heterocycles. The maximum Gasteiger partial charge on any atom is 0.256 e. The second-order valence-electron chi connectivity index (χ2n) is 7.52. The van der Waals surface area contributed by atoms with E-state index in [0.717, 1.165) is 40.8 Å². The van der Waals surface area contributed by atoms with Crippen LogP contribution in [0.3, 0.4) is 0 Å². The Hall–Kier alpha value is -2.54. The number of aromatic nitrogens is 4. The van der Waals surface area contributed by atoms with Gasteiger partial charge in [0.15, 0.2) is 5.82 Å². The van der Waals surface area contributed by atoms with E-state index in [9.17, 15) is 5.11 Å². The molecule has 0 radical (unpaired) electrons. The number of nitrogens with one attached hydrogen (secondary N) is 1. The van der Waals surface area contributed by atoms with E-state index in [2.05, 4.69) is 15.1 Å². The second-order valence-corrected chi connectivity index (χ2v) is 7.52. The minimum absolute atomic E-state index is 0.417. The summed E-state index contributed by atoms with van der Waals surface area (Å²) in [5.74, 6) is 1.31. The molecule has 7 heteroatoms. The monoisotopic (exact) mass is 355 g/mol. The number of aliphatic hydroxyl groups is 1. The van der Waals surface area contributed by atoms with Crippen LogP contribution in [0.25, 0.3) is 10.9 Å². The van der Waals surface area contributed by atoms with Crippen molar-refractivity contribution in [2.24, 2.45) is 7.05 Å². The van der Waals surface area contributed by atoms with Gasteiger partial charge in [-0.3, -0.25) is 9.36 Å². The number of hydrogen-bond acceptors (Lipinski definition) is 5. The number of nitrogens with zero attached hydrogens (tertiary/aromatic N) is 4. The zero-order chi connectivity index (χ0) is 18.5. The van der Waals surface area contributed by atoms with Crippen LogP contribution < -0.4 is 10.1 Å². The second kappa shape index (κ2) is 6.02. The van der Waals surface area contributed by atoms with E-state index >= 15 is 0 Å². The van der Waals surface area contributed by atoms with E-state index < -0.39 is 5.60 Å². The first-order valence-corrected chi connectivity index (χ1v) is 8.96. The number of rotatable bonds is 5. The van der Waals surface area contributed by atoms with Crippen LogP contribution in [0.2, 0.25) is 0 Å². The van der Waals surface area contributed by atoms with Crippen LogP contribution in [-0.2, 0) is 12.6 Å². The molecule has 2 aromatic heterocycles. The fraction of sp³-hybridized carbons (Fsp3) is 0.474. The molecule has 0 aliphatic heterocycles. The third kappa shape index (κ3) is 2.82. The normalized spacial score (nSPS) is 15.3. The first kappa shape index (κ1) is 16.9. The van der Waals surface area contributed by atoms with Gasteiger partial charge in [-0.25, -0.2) is 0 Å². The van der Waals surface area contributed by atoms with E-state index in [1.54, 1.807) is 25.6 Å². The van der Waals surface area contributed by atoms with E-state index in [1.807, 2.05) is 31.4 Å². The molecule has 26 heavy (non-hydrogen) atoms. The predicted molar refractivity (Wildman–Crippen MR) is 101 cm³/mol. The van der Waals surface area contributed by atoms with Crippen LogP contribution in [0.5, 0.6) is 5.88 Å². The Kier molecular flexibility index (Phi) is 3.91. The van der Waals surface area contributed by atoms with Gasteiger partial charge in [-0.1, -0.05) is 6.07 Å². The van der Waals surface area contributed by atoms with Gasteiger partial charge in [0.25, 0.3) is 5.88 Å². The lowest BCUT2D eigenvalue weighted by atomic mass is 9.92. The molecule has 1 fully saturated rings. The average Bonchev–Trinajstić information content (AvgIpc) is 3.06. The Balaban J connectivity index is 1.81. The SMILES string of the molecule is COc1nn(C)cc1Nc1nn(C2CCC2)c2cc(C(C)(C)O)ccc12. The lowest BCUT2D eigenvalue weighted by Crippen LogP contribution is -2.19. The Morgan fingerprint density at radius 3 is 2.65 bits per heavy atom. The zero-order valence-electron chi connectivity index (χ0n) is 15.7. The van der Waals surface area contributed by atoms with Gasteiger partial charge in [-0.2, -0.15) is 5.10 Å². The lowest BCUT2D eigenvalue weighted by Gasteiger charge is -2.26. The molecule has 2 N–H and O–H groups in total. The summed E-state index contributed by atoms with van der Waals surface area (Å²) in [6.07, 6.45) is 5.38. The molecule has 138 valence electrons. The summed E-state index contributed by atoms with van der Waals surface area (Å²) in [6, 6.07) is 6.45. The van der Waals surface area contributed by atoms with Gasteiger partial charge in [-0.05, 0) is 50.8 Å². The van der Waals surface area contributed by atoms with Crippen molar-refractivity contribution in [3.8, 4) is 5.88 Å². The smallest absolute Gasteiger partial charge is 0.256 e. The van der Waals surface area contributed by atoms with Gasteiger partial charge in [0.1, 0.15) is 5.69 Å². The number of ether oxygens (including phenoxy) is 1. The number of aryl methyl sites for hydroxylation is 1. The Morgan fingerprint density at radius 1 is 1.27 bits per heavy atom. The molecule has 1 aromatic carbocycles. The molecule has 3 aromatic rings. The van der Waals surface area contributed by atoms with Crippen LogP contribution in [-0.4, -0.2) is 31.8 Å². The molecule has 0 unspecified atom stereocenters. The highest BCUT2D eigenvalue weighted by Crippen LogP contribution is 2.38. The Labute approximate surface area is 152 Å². The summed E-state index contributed by atoms with van der Waals surface area (Å²) in [5, 5.41) is 23.9. The Morgan fingerprint density at radius 2 is 2.04 bits per heavy atom. The quantitative estimate of drug-likeness (QED) is 0.733.